The molecule has 1 aliphatic rings. The quantitative estimate of drug-likeness (QED) is 0.476. The van der Waals surface area contributed by atoms with E-state index in [0.29, 0.717) is 6.61 Å². The smallest absolute Gasteiger partial charge is 0.377 e. The highest BCUT2D eigenvalue weighted by atomic mass is 28.4. The van der Waals surface area contributed by atoms with Gasteiger partial charge in [-0.2, -0.15) is 0 Å². The highest BCUT2D eigenvalue weighted by molar-refractivity contribution is 6.62. The van der Waals surface area contributed by atoms with Crippen LogP contribution in [0.5, 0.6) is 0 Å². The molecule has 1 rings (SSSR count). The van der Waals surface area contributed by atoms with Gasteiger partial charge < -0.3 is 22.8 Å². The molecule has 3 atom stereocenters. The predicted octanol–water partition coefficient (Wildman–Crippen LogP) is 1.06. The van der Waals surface area contributed by atoms with Crippen molar-refractivity contribution in [3.63, 3.8) is 0 Å². The highest BCUT2D eigenvalue weighted by Gasteiger charge is 2.47. The zero-order valence-corrected chi connectivity index (χ0v) is 11.7. The fourth-order valence-electron chi connectivity index (χ4n) is 1.66. The largest absolute Gasteiger partial charge is 0.505 e. The van der Waals surface area contributed by atoms with Gasteiger partial charge in [0.1, 0.15) is 6.10 Å². The zero-order valence-electron chi connectivity index (χ0n) is 10.7. The molecule has 0 bridgehead atoms. The van der Waals surface area contributed by atoms with Crippen LogP contribution in [-0.2, 0) is 22.8 Å². The lowest BCUT2D eigenvalue weighted by atomic mass is 10.3. The van der Waals surface area contributed by atoms with Crippen LogP contribution in [0.3, 0.4) is 0 Å². The lowest BCUT2D eigenvalue weighted by Crippen LogP contribution is -2.50. The Balaban J connectivity index is 2.46. The molecule has 0 amide bonds. The third kappa shape index (κ3) is 3.25. The maximum absolute atomic E-state index is 5.71. The molecule has 0 aromatic heterocycles. The number of hydrogen-bond acceptors (Lipinski definition) is 5. The second-order valence-electron chi connectivity index (χ2n) is 4.00. The summed E-state index contributed by atoms with van der Waals surface area (Å²) in [6.07, 6.45) is 0.300. The molecule has 6 heteroatoms. The van der Waals surface area contributed by atoms with Crippen LogP contribution in [-0.4, -0.2) is 55.6 Å². The van der Waals surface area contributed by atoms with Crippen LogP contribution in [0, 0.1) is 0 Å². The highest BCUT2D eigenvalue weighted by Crippen LogP contribution is 2.29. The van der Waals surface area contributed by atoms with Gasteiger partial charge in [-0.25, -0.2) is 0 Å². The summed E-state index contributed by atoms with van der Waals surface area (Å²) in [6.45, 7) is 5.47. The molecular weight excluding hydrogens is 228 g/mol. The van der Waals surface area contributed by atoms with Gasteiger partial charge in [-0.1, -0.05) is 6.92 Å². The molecule has 0 radical (unpaired) electrons. The molecule has 1 saturated heterocycles. The van der Waals surface area contributed by atoms with Gasteiger partial charge in [0.05, 0.1) is 24.9 Å². The lowest BCUT2D eigenvalue weighted by Gasteiger charge is -2.33. The van der Waals surface area contributed by atoms with Crippen molar-refractivity contribution >= 4 is 8.80 Å². The summed E-state index contributed by atoms with van der Waals surface area (Å²) >= 11 is 0. The number of ether oxygens (including phenoxy) is 2. The maximum Gasteiger partial charge on any atom is 0.505 e. The van der Waals surface area contributed by atoms with E-state index in [1.807, 2.05) is 13.8 Å². The summed E-state index contributed by atoms with van der Waals surface area (Å²) in [7, 11) is 2.25. The SMILES string of the molecule is CO[Si](OC)(OC)C(C)C(C)OCC1CO1. The number of rotatable bonds is 8. The van der Waals surface area contributed by atoms with Crippen molar-refractivity contribution < 1.29 is 22.8 Å². The van der Waals surface area contributed by atoms with Crippen molar-refractivity contribution in [1.82, 2.24) is 0 Å². The summed E-state index contributed by atoms with van der Waals surface area (Å²) in [4.78, 5) is 0. The summed E-state index contributed by atoms with van der Waals surface area (Å²) in [5.41, 5.74) is 0.0891. The Morgan fingerprint density at radius 3 is 2.06 bits per heavy atom. The first-order valence-corrected chi connectivity index (χ1v) is 7.28. The van der Waals surface area contributed by atoms with Gasteiger partial charge in [0, 0.05) is 21.3 Å². The predicted molar refractivity (Wildman–Crippen MR) is 61.4 cm³/mol. The molecule has 0 saturated carbocycles. The summed E-state index contributed by atoms with van der Waals surface area (Å²) in [5.74, 6) is 0. The van der Waals surface area contributed by atoms with Crippen LogP contribution < -0.4 is 0 Å². The minimum Gasteiger partial charge on any atom is -0.377 e. The minimum atomic E-state index is -2.60. The average Bonchev–Trinajstić information content (AvgIpc) is 3.12. The van der Waals surface area contributed by atoms with Gasteiger partial charge in [-0.3, -0.25) is 0 Å². The molecule has 3 unspecified atom stereocenters. The molecule has 0 aromatic carbocycles. The third-order valence-corrected chi connectivity index (χ3v) is 6.35. The van der Waals surface area contributed by atoms with E-state index in [0.717, 1.165) is 6.61 Å². The summed E-state index contributed by atoms with van der Waals surface area (Å²) < 4.78 is 27.1. The van der Waals surface area contributed by atoms with E-state index >= 15 is 0 Å². The average molecular weight is 250 g/mol. The van der Waals surface area contributed by atoms with Crippen LogP contribution in [0.2, 0.25) is 5.54 Å². The fraction of sp³-hybridized carbons (Fsp3) is 1.00. The molecule has 1 fully saturated rings. The van der Waals surface area contributed by atoms with E-state index in [1.165, 1.54) is 0 Å². The normalized spacial score (nSPS) is 24.2. The van der Waals surface area contributed by atoms with Crippen molar-refractivity contribution in [3.05, 3.63) is 0 Å². The standard InChI is InChI=1S/C10H22O5Si/c1-8(14-6-10-7-15-10)9(2)16(11-3,12-4)13-5/h8-10H,6-7H2,1-5H3. The van der Waals surface area contributed by atoms with Gasteiger partial charge in [-0.05, 0) is 6.92 Å². The first-order valence-electron chi connectivity index (χ1n) is 5.48. The van der Waals surface area contributed by atoms with Crippen molar-refractivity contribution in [3.8, 4) is 0 Å². The van der Waals surface area contributed by atoms with Crippen LogP contribution in [0.15, 0.2) is 0 Å². The molecule has 0 aromatic rings. The molecule has 0 spiro atoms. The number of hydrogen-bond donors (Lipinski definition) is 0. The van der Waals surface area contributed by atoms with Gasteiger partial charge in [0.25, 0.3) is 0 Å². The molecule has 16 heavy (non-hydrogen) atoms. The molecule has 1 aliphatic heterocycles. The van der Waals surface area contributed by atoms with E-state index in [1.54, 1.807) is 21.3 Å². The molecule has 5 nitrogen and oxygen atoms in total. The Hall–Kier alpha value is 0.0169. The van der Waals surface area contributed by atoms with Crippen molar-refractivity contribution in [2.75, 3.05) is 34.5 Å². The first kappa shape index (κ1) is 14.1. The van der Waals surface area contributed by atoms with E-state index in [4.69, 9.17) is 22.8 Å². The maximum atomic E-state index is 5.71. The Morgan fingerprint density at radius 2 is 1.69 bits per heavy atom. The molecule has 96 valence electrons. The van der Waals surface area contributed by atoms with Crippen LogP contribution in [0.25, 0.3) is 0 Å². The Morgan fingerprint density at radius 1 is 1.19 bits per heavy atom. The monoisotopic (exact) mass is 250 g/mol. The van der Waals surface area contributed by atoms with E-state index < -0.39 is 8.80 Å². The van der Waals surface area contributed by atoms with E-state index in [9.17, 15) is 0 Å². The van der Waals surface area contributed by atoms with Crippen molar-refractivity contribution in [2.24, 2.45) is 0 Å². The molecule has 0 N–H and O–H groups in total. The van der Waals surface area contributed by atoms with Gasteiger partial charge >= 0.3 is 8.80 Å². The first-order chi connectivity index (χ1) is 7.59. The second kappa shape index (κ2) is 6.09. The van der Waals surface area contributed by atoms with Crippen molar-refractivity contribution in [1.29, 1.82) is 0 Å². The Bertz CT molecular complexity index is 197. The van der Waals surface area contributed by atoms with Crippen LogP contribution in [0.1, 0.15) is 13.8 Å². The van der Waals surface area contributed by atoms with Gasteiger partial charge in [-0.15, -0.1) is 0 Å². The van der Waals surface area contributed by atoms with Gasteiger partial charge in [0.15, 0.2) is 0 Å². The fourth-order valence-corrected chi connectivity index (χ4v) is 3.95. The Labute approximate surface area is 98.3 Å². The van der Waals surface area contributed by atoms with Crippen molar-refractivity contribution in [2.45, 2.75) is 31.6 Å². The van der Waals surface area contributed by atoms with Gasteiger partial charge in [0.2, 0.25) is 0 Å². The third-order valence-electron chi connectivity index (χ3n) is 3.06. The van der Waals surface area contributed by atoms with Crippen LogP contribution >= 0.6 is 0 Å². The summed E-state index contributed by atoms with van der Waals surface area (Å²) in [6, 6.07) is 0. The molecular formula is C10H22O5Si. The topological polar surface area (TPSA) is 49.5 Å². The number of epoxide rings is 1. The van der Waals surface area contributed by atoms with E-state index in [2.05, 4.69) is 0 Å². The zero-order chi connectivity index (χ0) is 12.2. The molecule has 0 aliphatic carbocycles. The summed E-state index contributed by atoms with van der Waals surface area (Å²) in [5, 5.41) is 0. The lowest BCUT2D eigenvalue weighted by molar-refractivity contribution is 0.0237. The minimum absolute atomic E-state index is 0.0238. The van der Waals surface area contributed by atoms with Crippen LogP contribution in [0.4, 0.5) is 0 Å². The van der Waals surface area contributed by atoms with E-state index in [-0.39, 0.29) is 17.7 Å². The molecule has 1 heterocycles. The Kier molecular flexibility index (Phi) is 5.36. The second-order valence-corrected chi connectivity index (χ2v) is 7.34.